The quantitative estimate of drug-likeness (QED) is 0.0441. The van der Waals surface area contributed by atoms with Crippen molar-refractivity contribution in [2.45, 2.75) is 126 Å². The number of para-hydroxylation sites is 2. The second-order valence-corrected chi connectivity index (χ2v) is 16.1. The molecule has 0 spiro atoms. The fourth-order valence-electron chi connectivity index (χ4n) is 5.88. The summed E-state index contributed by atoms with van der Waals surface area (Å²) in [6.45, 7) is 4.41. The number of aromatic hydroxyl groups is 1. The van der Waals surface area contributed by atoms with E-state index in [4.69, 9.17) is 9.47 Å². The average molecular weight is 823 g/mol. The van der Waals surface area contributed by atoms with E-state index in [2.05, 4.69) is 13.8 Å². The van der Waals surface area contributed by atoms with Crippen LogP contribution < -0.4 is 14.6 Å². The summed E-state index contributed by atoms with van der Waals surface area (Å²) in [5, 5.41) is 22.1. The van der Waals surface area contributed by atoms with E-state index in [0.717, 1.165) is 49.7 Å². The first-order chi connectivity index (χ1) is 25.8. The van der Waals surface area contributed by atoms with Crippen LogP contribution in [0.4, 0.5) is 0 Å². The minimum Gasteiger partial charge on any atom is -0.870 e. The van der Waals surface area contributed by atoms with Crippen LogP contribution in [-0.4, -0.2) is 68.8 Å². The number of rotatable bonds is 22. The molecular formula is C42H54CaO10S2. The van der Waals surface area contributed by atoms with Gasteiger partial charge in [-0.3, -0.25) is 4.55 Å². The van der Waals surface area contributed by atoms with Crippen LogP contribution in [-0.2, 0) is 33.1 Å². The predicted molar refractivity (Wildman–Crippen MR) is 214 cm³/mol. The van der Waals surface area contributed by atoms with Crippen LogP contribution in [0.25, 0.3) is 0 Å². The first-order valence-electron chi connectivity index (χ1n) is 18.9. The Morgan fingerprint density at radius 1 is 0.545 bits per heavy atom. The molecule has 0 amide bonds. The molecule has 0 unspecified atom stereocenters. The van der Waals surface area contributed by atoms with Crippen LogP contribution in [0.1, 0.15) is 115 Å². The third-order valence-corrected chi connectivity index (χ3v) is 10.6. The minimum absolute atomic E-state index is 0. The maximum absolute atomic E-state index is 12.1. The standard InChI is InChI=1S/2C21H28O5S.Ca/c2*1-2-3-4-5-6-7-8-11-17-14-15-18(22)20(16-17)26-19-12-9-10-13-21(19)27(23,24)25;/h2*9-10,12-16,22H,2-8,11H2,1H3,(H,23,24,25);/q;;+2/p-2. The molecule has 4 aromatic rings. The van der Waals surface area contributed by atoms with Crippen LogP contribution in [0.3, 0.4) is 0 Å². The van der Waals surface area contributed by atoms with Gasteiger partial charge in [0.2, 0.25) is 0 Å². The van der Waals surface area contributed by atoms with Crippen LogP contribution in [0.5, 0.6) is 34.5 Å². The van der Waals surface area contributed by atoms with E-state index in [1.165, 1.54) is 107 Å². The normalized spacial score (nSPS) is 11.3. The molecule has 296 valence electrons. The Labute approximate surface area is 357 Å². The average Bonchev–Trinajstić information content (AvgIpc) is 3.13. The molecule has 0 saturated heterocycles. The Morgan fingerprint density at radius 3 is 1.47 bits per heavy atom. The second-order valence-electron chi connectivity index (χ2n) is 13.4. The van der Waals surface area contributed by atoms with E-state index >= 15 is 0 Å². The molecule has 55 heavy (non-hydrogen) atoms. The summed E-state index contributed by atoms with van der Waals surface area (Å²) in [5.41, 5.74) is 1.97. The fourth-order valence-corrected chi connectivity index (χ4v) is 7.10. The van der Waals surface area contributed by atoms with E-state index in [-0.39, 0.29) is 77.1 Å². The monoisotopic (exact) mass is 822 g/mol. The number of hydrogen-bond acceptors (Lipinski definition) is 9. The van der Waals surface area contributed by atoms with Gasteiger partial charge in [0.05, 0.1) is 4.90 Å². The van der Waals surface area contributed by atoms with Gasteiger partial charge in [-0.25, -0.2) is 8.42 Å². The van der Waals surface area contributed by atoms with Crippen molar-refractivity contribution in [1.29, 1.82) is 0 Å². The number of phenols is 1. The molecule has 13 heteroatoms. The molecule has 0 atom stereocenters. The van der Waals surface area contributed by atoms with E-state index in [1.807, 2.05) is 6.07 Å². The molecule has 0 aliphatic carbocycles. The van der Waals surface area contributed by atoms with Crippen LogP contribution in [0, 0.1) is 0 Å². The molecule has 4 rings (SSSR count). The smallest absolute Gasteiger partial charge is 0.870 e. The maximum atomic E-state index is 12.1. The second kappa shape index (κ2) is 25.4. The fraction of sp³-hybridized carbons (Fsp3) is 0.429. The van der Waals surface area contributed by atoms with Crippen molar-refractivity contribution in [1.82, 2.24) is 0 Å². The van der Waals surface area contributed by atoms with Gasteiger partial charge in [-0.2, -0.15) is 8.42 Å². The molecule has 4 aromatic carbocycles. The Bertz CT molecular complexity index is 1810. The molecule has 0 aliphatic heterocycles. The van der Waals surface area contributed by atoms with Crippen molar-refractivity contribution >= 4 is 58.0 Å². The number of ether oxygens (including phenoxy) is 2. The zero-order valence-electron chi connectivity index (χ0n) is 32.1. The van der Waals surface area contributed by atoms with E-state index < -0.39 is 25.1 Å². The topological polar surface area (TPSA) is 173 Å². The van der Waals surface area contributed by atoms with Crippen LogP contribution in [0.15, 0.2) is 94.7 Å². The third-order valence-electron chi connectivity index (χ3n) is 8.86. The molecule has 0 fully saturated rings. The SMILES string of the molecule is CCCCCCCCCc1ccc(O)c(Oc2ccccc2S(=O)(=O)O)c1.CCCCCCCCCc1ccc([O-])c(Oc2ccccc2S(=O)(=O)[O-])c1.[Ca+2]. The summed E-state index contributed by atoms with van der Waals surface area (Å²) in [6, 6.07) is 21.2. The molecule has 10 nitrogen and oxygen atoms in total. The van der Waals surface area contributed by atoms with Gasteiger partial charge in [-0.15, -0.1) is 0 Å². The van der Waals surface area contributed by atoms with Crippen molar-refractivity contribution in [2.24, 2.45) is 0 Å². The summed E-state index contributed by atoms with van der Waals surface area (Å²) in [5.74, 6) is -0.376. The first-order valence-corrected chi connectivity index (χ1v) is 21.8. The Morgan fingerprint density at radius 2 is 0.964 bits per heavy atom. The molecule has 2 N–H and O–H groups in total. The predicted octanol–water partition coefficient (Wildman–Crippen LogP) is 10.1. The number of hydrogen-bond donors (Lipinski definition) is 2. The van der Waals surface area contributed by atoms with Gasteiger partial charge < -0.3 is 24.2 Å². The summed E-state index contributed by atoms with van der Waals surface area (Å²) in [7, 11) is -9.09. The van der Waals surface area contributed by atoms with Crippen molar-refractivity contribution < 1.29 is 45.6 Å². The van der Waals surface area contributed by atoms with Crippen molar-refractivity contribution in [3.63, 3.8) is 0 Å². The van der Waals surface area contributed by atoms with Gasteiger partial charge in [0.25, 0.3) is 10.1 Å². The van der Waals surface area contributed by atoms with Crippen molar-refractivity contribution in [3.05, 3.63) is 96.1 Å². The van der Waals surface area contributed by atoms with Crippen molar-refractivity contribution in [3.8, 4) is 34.5 Å². The third kappa shape index (κ3) is 17.9. The Kier molecular flexibility index (Phi) is 22.3. The molecule has 0 radical (unpaired) electrons. The van der Waals surface area contributed by atoms with Gasteiger partial charge in [0.15, 0.2) is 11.5 Å². The minimum atomic E-state index is -4.68. The number of phenolic OH excluding ortho intramolecular Hbond substituents is 1. The molecular weight excluding hydrogens is 769 g/mol. The molecule has 0 saturated carbocycles. The van der Waals surface area contributed by atoms with E-state index in [1.54, 1.807) is 36.4 Å². The van der Waals surface area contributed by atoms with Crippen LogP contribution >= 0.6 is 0 Å². The largest absolute Gasteiger partial charge is 2.00 e. The van der Waals surface area contributed by atoms with Gasteiger partial charge in [-0.1, -0.05) is 139 Å². The van der Waals surface area contributed by atoms with Gasteiger partial charge in [-0.05, 0) is 79.3 Å². The molecule has 0 bridgehead atoms. The van der Waals surface area contributed by atoms with E-state index in [9.17, 15) is 36.2 Å². The number of benzene rings is 4. The zero-order valence-corrected chi connectivity index (χ0v) is 35.9. The van der Waals surface area contributed by atoms with E-state index in [0.29, 0.717) is 0 Å². The molecule has 0 heterocycles. The van der Waals surface area contributed by atoms with Gasteiger partial charge in [0, 0.05) is 0 Å². The molecule has 0 aliphatic rings. The van der Waals surface area contributed by atoms with Crippen LogP contribution in [0.2, 0.25) is 0 Å². The Balaban J connectivity index is 0.000000373. The molecule has 0 aromatic heterocycles. The van der Waals surface area contributed by atoms with Gasteiger partial charge >= 0.3 is 37.7 Å². The number of unbranched alkanes of at least 4 members (excludes halogenated alkanes) is 12. The summed E-state index contributed by atoms with van der Waals surface area (Å²) in [6.07, 6.45) is 18.6. The van der Waals surface area contributed by atoms with Crippen molar-refractivity contribution in [2.75, 3.05) is 0 Å². The summed E-state index contributed by atoms with van der Waals surface area (Å²) < 4.78 is 77.4. The first kappa shape index (κ1) is 48.3. The maximum Gasteiger partial charge on any atom is 2.00 e. The summed E-state index contributed by atoms with van der Waals surface area (Å²) >= 11 is 0. The Hall–Kier alpha value is -2.84. The van der Waals surface area contributed by atoms with Gasteiger partial charge in [0.1, 0.15) is 32.3 Å². The number of aryl methyl sites for hydroxylation is 2. The summed E-state index contributed by atoms with van der Waals surface area (Å²) in [4.78, 5) is -0.802. The zero-order chi connectivity index (χ0) is 39.4.